The maximum atomic E-state index is 12.6. The fraction of sp³-hybridized carbons (Fsp3) is 0.471. The zero-order valence-corrected chi connectivity index (χ0v) is 13.7. The molecule has 3 N–H and O–H groups in total. The van der Waals surface area contributed by atoms with E-state index in [4.69, 9.17) is 5.11 Å². The summed E-state index contributed by atoms with van der Waals surface area (Å²) in [4.78, 5) is 36.8. The Balaban J connectivity index is 1.98. The average molecular weight is 333 g/mol. The molecule has 1 saturated carbocycles. The summed E-state index contributed by atoms with van der Waals surface area (Å²) in [5.41, 5.74) is -0.0484. The van der Waals surface area contributed by atoms with E-state index < -0.39 is 17.5 Å². The van der Waals surface area contributed by atoms with Crippen molar-refractivity contribution in [3.05, 3.63) is 35.9 Å². The number of nitrogens with one attached hydrogen (secondary N) is 2. The first-order valence-corrected chi connectivity index (χ1v) is 8.00. The van der Waals surface area contributed by atoms with E-state index >= 15 is 0 Å². The molecule has 0 saturated heterocycles. The van der Waals surface area contributed by atoms with Gasteiger partial charge in [-0.1, -0.05) is 43.2 Å². The largest absolute Gasteiger partial charge is 0.480 e. The third-order valence-electron chi connectivity index (χ3n) is 4.23. The molecule has 0 unspecified atom stereocenters. The predicted molar refractivity (Wildman–Crippen MR) is 88.3 cm³/mol. The van der Waals surface area contributed by atoms with Gasteiger partial charge in [0.15, 0.2) is 0 Å². The summed E-state index contributed by atoms with van der Waals surface area (Å²) in [6.07, 6.45) is 2.69. The summed E-state index contributed by atoms with van der Waals surface area (Å²) in [5.74, 6) is -1.43. The highest BCUT2D eigenvalue weighted by Crippen LogP contribution is 2.31. The van der Waals surface area contributed by atoms with Crippen LogP contribution in [0.1, 0.15) is 31.2 Å². The molecule has 0 radical (unpaired) electrons. The van der Waals surface area contributed by atoms with Gasteiger partial charge in [0.2, 0.25) is 5.91 Å². The van der Waals surface area contributed by atoms with Crippen LogP contribution in [0.15, 0.2) is 30.3 Å². The van der Waals surface area contributed by atoms with Gasteiger partial charge in [-0.15, -0.1) is 0 Å². The number of nitrogens with zero attached hydrogens (tertiary/aromatic N) is 1. The lowest BCUT2D eigenvalue weighted by Crippen LogP contribution is -2.59. The Kier molecular flexibility index (Phi) is 5.78. The second kappa shape index (κ2) is 7.81. The number of amides is 3. The molecule has 0 heterocycles. The first-order chi connectivity index (χ1) is 11.4. The van der Waals surface area contributed by atoms with E-state index in [1.54, 1.807) is 0 Å². The Morgan fingerprint density at radius 3 is 2.38 bits per heavy atom. The topological polar surface area (TPSA) is 98.7 Å². The number of likely N-dealkylation sites (N-methyl/N-ethyl adjacent to an activating group) is 1. The second-order valence-electron chi connectivity index (χ2n) is 6.14. The molecule has 0 atom stereocenters. The molecule has 24 heavy (non-hydrogen) atoms. The van der Waals surface area contributed by atoms with Gasteiger partial charge >= 0.3 is 12.0 Å². The van der Waals surface area contributed by atoms with Gasteiger partial charge in [-0.3, -0.25) is 9.59 Å². The summed E-state index contributed by atoms with van der Waals surface area (Å²) in [6.45, 7) is -0.0180. The number of carboxylic acid groups (broad SMARTS) is 1. The predicted octanol–water partition coefficient (Wildman–Crippen LogP) is 1.34. The molecule has 0 bridgehead atoms. The lowest BCUT2D eigenvalue weighted by atomic mass is 9.95. The van der Waals surface area contributed by atoms with Crippen LogP contribution in [0.2, 0.25) is 0 Å². The number of benzene rings is 1. The summed E-state index contributed by atoms with van der Waals surface area (Å²) < 4.78 is 0. The minimum atomic E-state index is -1.08. The number of aliphatic carboxylic acids is 1. The van der Waals surface area contributed by atoms with Crippen LogP contribution in [0.5, 0.6) is 0 Å². The maximum Gasteiger partial charge on any atom is 0.323 e. The molecule has 1 aliphatic carbocycles. The first-order valence-electron chi connectivity index (χ1n) is 8.00. The summed E-state index contributed by atoms with van der Waals surface area (Å²) in [7, 11) is 1.44. The van der Waals surface area contributed by atoms with Crippen molar-refractivity contribution in [1.82, 2.24) is 15.5 Å². The molecular formula is C17H23N3O4. The molecule has 1 aromatic carbocycles. The molecule has 1 aliphatic rings. The Morgan fingerprint density at radius 2 is 1.79 bits per heavy atom. The Morgan fingerprint density at radius 1 is 1.17 bits per heavy atom. The van der Waals surface area contributed by atoms with Crippen molar-refractivity contribution in [3.63, 3.8) is 0 Å². The van der Waals surface area contributed by atoms with Gasteiger partial charge in [0, 0.05) is 13.6 Å². The van der Waals surface area contributed by atoms with Crippen LogP contribution in [0.4, 0.5) is 4.79 Å². The Bertz CT molecular complexity index is 597. The summed E-state index contributed by atoms with van der Waals surface area (Å²) in [5, 5.41) is 14.4. The Labute approximate surface area is 141 Å². The summed E-state index contributed by atoms with van der Waals surface area (Å²) >= 11 is 0. The second-order valence-corrected chi connectivity index (χ2v) is 6.14. The molecule has 3 amide bonds. The molecule has 0 aliphatic heterocycles. The lowest BCUT2D eigenvalue weighted by Gasteiger charge is -2.32. The van der Waals surface area contributed by atoms with E-state index in [1.807, 2.05) is 30.3 Å². The van der Waals surface area contributed by atoms with E-state index in [0.29, 0.717) is 19.4 Å². The monoisotopic (exact) mass is 333 g/mol. The van der Waals surface area contributed by atoms with Crippen LogP contribution < -0.4 is 10.6 Å². The van der Waals surface area contributed by atoms with Crippen molar-refractivity contribution in [2.45, 2.75) is 37.8 Å². The molecule has 0 spiro atoms. The van der Waals surface area contributed by atoms with Crippen LogP contribution in [0.25, 0.3) is 0 Å². The van der Waals surface area contributed by atoms with Crippen molar-refractivity contribution >= 4 is 17.9 Å². The zero-order valence-electron chi connectivity index (χ0n) is 13.7. The number of carbonyl (C=O) groups excluding carboxylic acids is 2. The van der Waals surface area contributed by atoms with Gasteiger partial charge in [-0.25, -0.2) is 4.79 Å². The Hall–Kier alpha value is -2.57. The smallest absolute Gasteiger partial charge is 0.323 e. The van der Waals surface area contributed by atoms with Crippen LogP contribution in [0.3, 0.4) is 0 Å². The number of hydrogen-bond acceptors (Lipinski definition) is 3. The SMILES string of the molecule is CN(CC(=O)O)C(=O)C1(NC(=O)NCc2ccccc2)CCCC1. The van der Waals surface area contributed by atoms with Crippen LogP contribution in [-0.4, -0.2) is 47.0 Å². The standard InChI is InChI=1S/C17H23N3O4/c1-20(12-14(21)22)15(23)17(9-5-6-10-17)19-16(24)18-11-13-7-3-2-4-8-13/h2-4,7-8H,5-6,9-12H2,1H3,(H,21,22)(H2,18,19,24). The molecule has 7 heteroatoms. The first kappa shape index (κ1) is 17.8. The van der Waals surface area contributed by atoms with E-state index in [2.05, 4.69) is 10.6 Å². The number of rotatable bonds is 6. The fourth-order valence-electron chi connectivity index (χ4n) is 3.05. The van der Waals surface area contributed by atoms with Crippen molar-refractivity contribution in [2.75, 3.05) is 13.6 Å². The normalized spacial score (nSPS) is 15.5. The fourth-order valence-corrected chi connectivity index (χ4v) is 3.05. The molecule has 130 valence electrons. The highest BCUT2D eigenvalue weighted by Gasteiger charge is 2.44. The van der Waals surface area contributed by atoms with Crippen LogP contribution >= 0.6 is 0 Å². The number of urea groups is 1. The van der Waals surface area contributed by atoms with E-state index in [0.717, 1.165) is 23.3 Å². The third kappa shape index (κ3) is 4.47. The van der Waals surface area contributed by atoms with Gasteiger partial charge < -0.3 is 20.6 Å². The van der Waals surface area contributed by atoms with Crippen molar-refractivity contribution < 1.29 is 19.5 Å². The van der Waals surface area contributed by atoms with Gasteiger partial charge in [0.05, 0.1) is 0 Å². The maximum absolute atomic E-state index is 12.6. The zero-order chi connectivity index (χ0) is 17.6. The van der Waals surface area contributed by atoms with Gasteiger partial charge in [-0.2, -0.15) is 0 Å². The van der Waals surface area contributed by atoms with Gasteiger partial charge in [0.25, 0.3) is 0 Å². The lowest BCUT2D eigenvalue weighted by molar-refractivity contribution is -0.146. The minimum absolute atomic E-state index is 0.350. The molecule has 1 aromatic rings. The van der Waals surface area contributed by atoms with Gasteiger partial charge in [-0.05, 0) is 18.4 Å². The highest BCUT2D eigenvalue weighted by molar-refractivity contribution is 5.92. The molecule has 1 fully saturated rings. The molecule has 2 rings (SSSR count). The minimum Gasteiger partial charge on any atom is -0.480 e. The van der Waals surface area contributed by atoms with Crippen molar-refractivity contribution in [1.29, 1.82) is 0 Å². The molecule has 0 aromatic heterocycles. The van der Waals surface area contributed by atoms with E-state index in [9.17, 15) is 14.4 Å². The van der Waals surface area contributed by atoms with Crippen molar-refractivity contribution in [2.24, 2.45) is 0 Å². The number of carbonyl (C=O) groups is 3. The number of hydrogen-bond donors (Lipinski definition) is 3. The number of carboxylic acids is 1. The third-order valence-corrected chi connectivity index (χ3v) is 4.23. The quantitative estimate of drug-likeness (QED) is 0.731. The van der Waals surface area contributed by atoms with E-state index in [-0.39, 0.29) is 12.5 Å². The average Bonchev–Trinajstić information content (AvgIpc) is 3.02. The highest BCUT2D eigenvalue weighted by atomic mass is 16.4. The summed E-state index contributed by atoms with van der Waals surface area (Å²) in [6, 6.07) is 9.05. The van der Waals surface area contributed by atoms with Crippen molar-refractivity contribution in [3.8, 4) is 0 Å². The van der Waals surface area contributed by atoms with Gasteiger partial charge in [0.1, 0.15) is 12.1 Å². The van der Waals surface area contributed by atoms with Crippen LogP contribution in [-0.2, 0) is 16.1 Å². The molecular weight excluding hydrogens is 310 g/mol. The van der Waals surface area contributed by atoms with E-state index in [1.165, 1.54) is 7.05 Å². The van der Waals surface area contributed by atoms with Crippen LogP contribution in [0, 0.1) is 0 Å². The molecule has 7 nitrogen and oxygen atoms in total.